The molecule has 410 valence electrons. The van der Waals surface area contributed by atoms with Crippen molar-refractivity contribution in [3.63, 3.8) is 0 Å². The number of aliphatic hydroxyl groups excluding tert-OH is 5. The molecule has 71 heavy (non-hydrogen) atoms. The standard InChI is InChI=1S/C62H109NO8/c1-3-5-7-9-11-12-13-14-15-16-17-18-19-20-21-22-23-24-25-26-27-28-29-30-31-32-33-34-35-36-37-38-39-40-41-42-43-44-46-48-50-52-58(66)63-55(56(65)51-49-47-45-10-8-6-4-2)54-70-62-61(69)60(68)59(67)57(53-64)71-62/h5,7,11-12,14-15,17-18,20-21,23-24,26-27,55-57,59-62,64-65,67-69H,3-4,6,8-10,13,16,19,22,25,28-54H2,1-2H3,(H,63,66)/b7-5-,12-11-,15-14-,18-17-,21-20-,24-23-,27-26-. The molecule has 0 spiro atoms. The fourth-order valence-electron chi connectivity index (χ4n) is 8.91. The lowest BCUT2D eigenvalue weighted by Gasteiger charge is -2.40. The number of amides is 1. The summed E-state index contributed by atoms with van der Waals surface area (Å²) in [5, 5.41) is 54.2. The van der Waals surface area contributed by atoms with Crippen molar-refractivity contribution in [1.82, 2.24) is 5.32 Å². The Bertz CT molecular complexity index is 1390. The van der Waals surface area contributed by atoms with Gasteiger partial charge < -0.3 is 40.3 Å². The lowest BCUT2D eigenvalue weighted by Crippen LogP contribution is -2.60. The van der Waals surface area contributed by atoms with Gasteiger partial charge >= 0.3 is 0 Å². The molecule has 7 unspecified atom stereocenters. The number of hydrogen-bond donors (Lipinski definition) is 6. The van der Waals surface area contributed by atoms with Gasteiger partial charge in [0.25, 0.3) is 0 Å². The molecule has 1 rings (SSSR count). The fraction of sp³-hybridized carbons (Fsp3) is 0.758. The number of aliphatic hydroxyl groups is 5. The molecule has 1 aliphatic rings. The summed E-state index contributed by atoms with van der Waals surface area (Å²) in [7, 11) is 0. The zero-order valence-electron chi connectivity index (χ0n) is 45.5. The summed E-state index contributed by atoms with van der Waals surface area (Å²) in [6.45, 7) is 3.67. The van der Waals surface area contributed by atoms with Crippen LogP contribution in [0, 0.1) is 0 Å². The summed E-state index contributed by atoms with van der Waals surface area (Å²) in [6.07, 6.45) is 65.3. The van der Waals surface area contributed by atoms with Crippen LogP contribution in [-0.4, -0.2) is 87.5 Å². The maximum absolute atomic E-state index is 13.0. The topological polar surface area (TPSA) is 149 Å². The van der Waals surface area contributed by atoms with Gasteiger partial charge in [-0.25, -0.2) is 0 Å². The van der Waals surface area contributed by atoms with Gasteiger partial charge in [-0.15, -0.1) is 0 Å². The van der Waals surface area contributed by atoms with Crippen molar-refractivity contribution >= 4 is 5.91 Å². The van der Waals surface area contributed by atoms with E-state index in [1.165, 1.54) is 135 Å². The summed E-state index contributed by atoms with van der Waals surface area (Å²) < 4.78 is 11.2. The number of unbranched alkanes of at least 4 members (excludes halogenated alkanes) is 25. The van der Waals surface area contributed by atoms with Crippen molar-refractivity contribution in [2.24, 2.45) is 0 Å². The van der Waals surface area contributed by atoms with Crippen LogP contribution in [0.15, 0.2) is 85.1 Å². The summed E-state index contributed by atoms with van der Waals surface area (Å²) in [4.78, 5) is 13.0. The molecule has 0 radical (unpaired) electrons. The smallest absolute Gasteiger partial charge is 0.220 e. The first-order valence-corrected chi connectivity index (χ1v) is 29.3. The SMILES string of the molecule is CC/C=C\C/C=C\C/C=C\C/C=C\C/C=C\C/C=C\C/C=C\CCCCCCCCCCCCCCCCCCCCCC(=O)NC(COC1OC(CO)C(O)C(O)C1O)C(O)CCCCCCCCC. The van der Waals surface area contributed by atoms with E-state index in [-0.39, 0.29) is 12.5 Å². The van der Waals surface area contributed by atoms with E-state index < -0.39 is 49.5 Å². The third kappa shape index (κ3) is 40.4. The highest BCUT2D eigenvalue weighted by molar-refractivity contribution is 5.76. The van der Waals surface area contributed by atoms with Crippen molar-refractivity contribution in [1.29, 1.82) is 0 Å². The second-order valence-electron chi connectivity index (χ2n) is 20.1. The highest BCUT2D eigenvalue weighted by atomic mass is 16.7. The van der Waals surface area contributed by atoms with Gasteiger partial charge in [0.05, 0.1) is 25.4 Å². The summed E-state index contributed by atoms with van der Waals surface area (Å²) in [6, 6.07) is -0.717. The molecule has 7 atom stereocenters. The van der Waals surface area contributed by atoms with Crippen LogP contribution in [0.25, 0.3) is 0 Å². The molecule has 1 amide bonds. The minimum absolute atomic E-state index is 0.139. The van der Waals surface area contributed by atoms with Crippen molar-refractivity contribution in [3.05, 3.63) is 85.1 Å². The second kappa shape index (κ2) is 50.9. The highest BCUT2D eigenvalue weighted by Crippen LogP contribution is 2.23. The van der Waals surface area contributed by atoms with Gasteiger partial charge in [0.15, 0.2) is 6.29 Å². The Balaban J connectivity index is 1.99. The quantitative estimate of drug-likeness (QED) is 0.0261. The number of ether oxygens (including phenoxy) is 2. The van der Waals surface area contributed by atoms with Crippen LogP contribution >= 0.6 is 0 Å². The van der Waals surface area contributed by atoms with Crippen molar-refractivity contribution < 1.29 is 39.8 Å². The van der Waals surface area contributed by atoms with Crippen molar-refractivity contribution in [2.45, 2.75) is 288 Å². The lowest BCUT2D eigenvalue weighted by atomic mass is 9.99. The van der Waals surface area contributed by atoms with Gasteiger partial charge in [0.2, 0.25) is 5.91 Å². The van der Waals surface area contributed by atoms with Crippen LogP contribution in [0.2, 0.25) is 0 Å². The zero-order valence-corrected chi connectivity index (χ0v) is 45.5. The molecule has 0 bridgehead atoms. The number of carbonyl (C=O) groups excluding carboxylic acids is 1. The largest absolute Gasteiger partial charge is 0.394 e. The number of nitrogens with one attached hydrogen (secondary N) is 1. The average Bonchev–Trinajstić information content (AvgIpc) is 3.37. The molecule has 0 aromatic carbocycles. The monoisotopic (exact) mass is 996 g/mol. The van der Waals surface area contributed by atoms with Gasteiger partial charge in [-0.2, -0.15) is 0 Å². The first-order chi connectivity index (χ1) is 34.8. The van der Waals surface area contributed by atoms with E-state index in [0.717, 1.165) is 83.5 Å². The van der Waals surface area contributed by atoms with Crippen molar-refractivity contribution in [2.75, 3.05) is 13.2 Å². The van der Waals surface area contributed by atoms with Crippen LogP contribution in [-0.2, 0) is 14.3 Å². The Hall–Kier alpha value is -2.63. The maximum atomic E-state index is 13.0. The predicted octanol–water partition coefficient (Wildman–Crippen LogP) is 14.6. The van der Waals surface area contributed by atoms with E-state index in [9.17, 15) is 30.3 Å². The average molecular weight is 997 g/mol. The van der Waals surface area contributed by atoms with Gasteiger partial charge in [-0.3, -0.25) is 4.79 Å². The molecule has 1 aliphatic heterocycles. The zero-order chi connectivity index (χ0) is 51.5. The first-order valence-electron chi connectivity index (χ1n) is 29.3. The van der Waals surface area contributed by atoms with Crippen molar-refractivity contribution in [3.8, 4) is 0 Å². The molecule has 0 aliphatic carbocycles. The Morgan fingerprint density at radius 1 is 0.493 bits per heavy atom. The van der Waals surface area contributed by atoms with Crippen LogP contribution in [0.4, 0.5) is 0 Å². The summed E-state index contributed by atoms with van der Waals surface area (Å²) in [5.41, 5.74) is 0. The minimum Gasteiger partial charge on any atom is -0.394 e. The first kappa shape index (κ1) is 66.4. The number of carbonyl (C=O) groups is 1. The van der Waals surface area contributed by atoms with Gasteiger partial charge in [0.1, 0.15) is 24.4 Å². The van der Waals surface area contributed by atoms with E-state index >= 15 is 0 Å². The number of rotatable bonds is 49. The third-order valence-corrected chi connectivity index (χ3v) is 13.5. The molecular weight excluding hydrogens is 887 g/mol. The van der Waals surface area contributed by atoms with Crippen LogP contribution in [0.1, 0.15) is 245 Å². The van der Waals surface area contributed by atoms with Crippen LogP contribution < -0.4 is 5.32 Å². The molecular formula is C62H109NO8. The predicted molar refractivity (Wildman–Crippen MR) is 299 cm³/mol. The Labute approximate surface area is 435 Å². The highest BCUT2D eigenvalue weighted by Gasteiger charge is 2.44. The second-order valence-corrected chi connectivity index (χ2v) is 20.1. The lowest BCUT2D eigenvalue weighted by molar-refractivity contribution is -0.302. The minimum atomic E-state index is -1.55. The van der Waals surface area contributed by atoms with Crippen LogP contribution in [0.3, 0.4) is 0 Å². The van der Waals surface area contributed by atoms with E-state index in [1.807, 2.05) is 0 Å². The Kier molecular flexibility index (Phi) is 47.6. The maximum Gasteiger partial charge on any atom is 0.220 e. The molecule has 0 saturated carbocycles. The molecule has 6 N–H and O–H groups in total. The molecule has 0 aromatic rings. The summed E-state index contributed by atoms with van der Waals surface area (Å²) >= 11 is 0. The van der Waals surface area contributed by atoms with E-state index in [4.69, 9.17) is 9.47 Å². The molecule has 1 heterocycles. The van der Waals surface area contributed by atoms with Gasteiger partial charge in [-0.05, 0) is 70.6 Å². The molecule has 1 saturated heterocycles. The third-order valence-electron chi connectivity index (χ3n) is 13.5. The Morgan fingerprint density at radius 3 is 1.30 bits per heavy atom. The number of allylic oxidation sites excluding steroid dienone is 14. The number of hydrogen-bond acceptors (Lipinski definition) is 8. The molecule has 9 nitrogen and oxygen atoms in total. The normalized spacial score (nSPS) is 19.9. The van der Waals surface area contributed by atoms with E-state index in [2.05, 4.69) is 104 Å². The fourth-order valence-corrected chi connectivity index (χ4v) is 8.91. The molecule has 1 fully saturated rings. The van der Waals surface area contributed by atoms with E-state index in [1.54, 1.807) is 0 Å². The van der Waals surface area contributed by atoms with Gasteiger partial charge in [-0.1, -0.05) is 253 Å². The summed E-state index contributed by atoms with van der Waals surface area (Å²) in [5.74, 6) is -0.148. The van der Waals surface area contributed by atoms with E-state index in [0.29, 0.717) is 12.8 Å². The Morgan fingerprint density at radius 2 is 0.873 bits per heavy atom. The van der Waals surface area contributed by atoms with Gasteiger partial charge in [0, 0.05) is 6.42 Å². The molecule has 0 aromatic heterocycles. The molecule has 9 heteroatoms. The van der Waals surface area contributed by atoms with Crippen LogP contribution in [0.5, 0.6) is 0 Å².